The number of hydrogen-bond acceptors (Lipinski definition) is 3. The predicted octanol–water partition coefficient (Wildman–Crippen LogP) is 9.11. The summed E-state index contributed by atoms with van der Waals surface area (Å²) in [7, 11) is -0.758. The summed E-state index contributed by atoms with van der Waals surface area (Å²) in [6.45, 7) is 8.51. The third-order valence-electron chi connectivity index (χ3n) is 7.42. The minimum Gasteiger partial charge on any atom is -0.358 e. The topological polar surface area (TPSA) is 19.4 Å². The molecule has 2 heterocycles. The highest BCUT2D eigenvalue weighted by atomic mass is 31.1. The molecule has 1 atom stereocenters. The highest BCUT2D eigenvalue weighted by molar-refractivity contribution is 7.61. The molecule has 0 bridgehead atoms. The Bertz CT molecular complexity index is 1580. The van der Waals surface area contributed by atoms with Crippen molar-refractivity contribution in [2.45, 2.75) is 27.2 Å². The van der Waals surface area contributed by atoms with Gasteiger partial charge in [0.05, 0.1) is 17.8 Å². The van der Waals surface area contributed by atoms with E-state index in [0.717, 1.165) is 25.3 Å². The van der Waals surface area contributed by atoms with Crippen molar-refractivity contribution in [1.82, 2.24) is 9.88 Å². The van der Waals surface area contributed by atoms with Crippen LogP contribution in [0.5, 0.6) is 0 Å². The molecule has 194 valence electrons. The molecule has 1 aliphatic rings. The normalized spacial score (nSPS) is 13.4. The van der Waals surface area contributed by atoms with Gasteiger partial charge in [-0.15, -0.1) is 0 Å². The number of aromatic nitrogens is 1. The Kier molecular flexibility index (Phi) is 7.09. The van der Waals surface area contributed by atoms with Crippen molar-refractivity contribution >= 4 is 13.2 Å². The van der Waals surface area contributed by atoms with Gasteiger partial charge in [0.1, 0.15) is 0 Å². The van der Waals surface area contributed by atoms with Crippen molar-refractivity contribution in [2.75, 3.05) is 18.1 Å². The molecule has 0 saturated heterocycles. The van der Waals surface area contributed by atoms with E-state index in [1.165, 1.54) is 49.5 Å². The first-order valence-electron chi connectivity index (χ1n) is 13.6. The van der Waals surface area contributed by atoms with Crippen LogP contribution in [0.3, 0.4) is 0 Å². The van der Waals surface area contributed by atoms with Crippen LogP contribution in [0.25, 0.3) is 27.4 Å². The summed E-state index contributed by atoms with van der Waals surface area (Å²) in [5.41, 5.74) is 10.2. The molecule has 0 aliphatic carbocycles. The Morgan fingerprint density at radius 3 is 2.03 bits per heavy atom. The summed E-state index contributed by atoms with van der Waals surface area (Å²) in [6, 6.07) is 37.0. The number of aryl methyl sites for hydroxylation is 3. The SMILES string of the molecule is Cc1cc(C)c(-c2c(-c3ccccc3)nc(CCN3C=CN(c4ccccc4)C3)p2-c2ccccc2)c(C)c1. The highest BCUT2D eigenvalue weighted by Gasteiger charge is 2.25. The summed E-state index contributed by atoms with van der Waals surface area (Å²) in [6.07, 6.45) is 5.33. The summed E-state index contributed by atoms with van der Waals surface area (Å²) in [5.74, 6) is 0. The molecule has 4 heteroatoms. The monoisotopic (exact) mass is 527 g/mol. The number of hydrogen-bond donors (Lipinski definition) is 0. The maximum Gasteiger partial charge on any atom is 0.0942 e. The van der Waals surface area contributed by atoms with E-state index >= 15 is 0 Å². The fourth-order valence-corrected chi connectivity index (χ4v) is 8.49. The van der Waals surface area contributed by atoms with E-state index in [1.807, 2.05) is 0 Å². The van der Waals surface area contributed by atoms with Gasteiger partial charge in [-0.2, -0.15) is 0 Å². The van der Waals surface area contributed by atoms with Crippen molar-refractivity contribution in [2.24, 2.45) is 0 Å². The van der Waals surface area contributed by atoms with E-state index in [9.17, 15) is 0 Å². The van der Waals surface area contributed by atoms with Crippen molar-refractivity contribution in [1.29, 1.82) is 0 Å². The lowest BCUT2D eigenvalue weighted by atomic mass is 9.96. The van der Waals surface area contributed by atoms with Crippen molar-refractivity contribution in [3.8, 4) is 27.4 Å². The number of rotatable bonds is 7. The molecule has 0 fully saturated rings. The Balaban J connectivity index is 1.44. The number of nitrogens with zero attached hydrogens (tertiary/aromatic N) is 3. The smallest absolute Gasteiger partial charge is 0.0942 e. The van der Waals surface area contributed by atoms with Crippen LogP contribution in [-0.2, 0) is 6.42 Å². The molecular formula is C35H34N3P. The second-order valence-electron chi connectivity index (χ2n) is 10.3. The first kappa shape index (κ1) is 25.2. The van der Waals surface area contributed by atoms with Gasteiger partial charge in [-0.1, -0.05) is 104 Å². The van der Waals surface area contributed by atoms with Crippen LogP contribution in [0.2, 0.25) is 0 Å². The molecule has 3 nitrogen and oxygen atoms in total. The maximum absolute atomic E-state index is 5.48. The van der Waals surface area contributed by atoms with Crippen molar-refractivity contribution in [3.05, 3.63) is 138 Å². The lowest BCUT2D eigenvalue weighted by Crippen LogP contribution is -2.26. The Labute approximate surface area is 233 Å². The predicted molar refractivity (Wildman–Crippen MR) is 167 cm³/mol. The average molecular weight is 528 g/mol. The molecule has 4 aromatic carbocycles. The fourth-order valence-electron chi connectivity index (χ4n) is 5.71. The maximum atomic E-state index is 5.48. The molecule has 5 aromatic rings. The molecule has 0 N–H and O–H groups in total. The molecule has 0 amide bonds. The van der Waals surface area contributed by atoms with Gasteiger partial charge in [0.15, 0.2) is 0 Å². The zero-order chi connectivity index (χ0) is 26.8. The van der Waals surface area contributed by atoms with E-state index in [4.69, 9.17) is 4.98 Å². The molecule has 1 aromatic heterocycles. The molecular weight excluding hydrogens is 493 g/mol. The minimum absolute atomic E-state index is 0.758. The Hall–Kier alpha value is -4.07. The van der Waals surface area contributed by atoms with Gasteiger partial charge in [-0.25, -0.2) is 4.98 Å². The van der Waals surface area contributed by atoms with Gasteiger partial charge in [-0.3, -0.25) is 0 Å². The second-order valence-corrected chi connectivity index (χ2v) is 12.5. The van der Waals surface area contributed by atoms with Gasteiger partial charge in [0.2, 0.25) is 0 Å². The van der Waals surface area contributed by atoms with Gasteiger partial charge in [0, 0.05) is 47.2 Å². The summed E-state index contributed by atoms with van der Waals surface area (Å²) < 4.78 is 0. The van der Waals surface area contributed by atoms with E-state index in [2.05, 4.69) is 146 Å². The second kappa shape index (κ2) is 11.0. The molecule has 6 rings (SSSR count). The van der Waals surface area contributed by atoms with Crippen LogP contribution in [0, 0.1) is 20.8 Å². The molecule has 1 unspecified atom stereocenters. The summed E-state index contributed by atoms with van der Waals surface area (Å²) in [4.78, 5) is 10.2. The van der Waals surface area contributed by atoms with Gasteiger partial charge < -0.3 is 9.80 Å². The molecule has 0 spiro atoms. The third kappa shape index (κ3) is 5.15. The van der Waals surface area contributed by atoms with Gasteiger partial charge in [0.25, 0.3) is 0 Å². The number of para-hydroxylation sites is 1. The van der Waals surface area contributed by atoms with Crippen LogP contribution in [0.4, 0.5) is 5.69 Å². The highest BCUT2D eigenvalue weighted by Crippen LogP contribution is 2.57. The van der Waals surface area contributed by atoms with Crippen LogP contribution in [0.1, 0.15) is 22.1 Å². The Morgan fingerprint density at radius 1 is 0.744 bits per heavy atom. The number of anilines is 1. The quantitative estimate of drug-likeness (QED) is 0.210. The first-order chi connectivity index (χ1) is 19.1. The van der Waals surface area contributed by atoms with E-state index in [1.54, 1.807) is 0 Å². The molecule has 0 radical (unpaired) electrons. The van der Waals surface area contributed by atoms with E-state index < -0.39 is 7.53 Å². The van der Waals surface area contributed by atoms with Crippen LogP contribution >= 0.6 is 7.53 Å². The lowest BCUT2D eigenvalue weighted by molar-refractivity contribution is 0.410. The summed E-state index contributed by atoms with van der Waals surface area (Å²) in [5, 5.41) is 2.77. The van der Waals surface area contributed by atoms with Gasteiger partial charge >= 0.3 is 0 Å². The third-order valence-corrected chi connectivity index (χ3v) is 9.96. The minimum atomic E-state index is -0.758. The average Bonchev–Trinajstić information content (AvgIpc) is 3.58. The zero-order valence-corrected chi connectivity index (χ0v) is 23.8. The van der Waals surface area contributed by atoms with E-state index in [0.29, 0.717) is 0 Å². The van der Waals surface area contributed by atoms with Crippen molar-refractivity contribution in [3.63, 3.8) is 0 Å². The standard InChI is InChI=1S/C35H34N3P/c1-26-23-27(2)33(28(3)24-26)35-34(29-13-7-4-8-14-29)36-32(39(35)31-17-11-6-12-18-31)19-20-37-21-22-38(25-37)30-15-9-5-10-16-30/h4-18,21-24H,19-20,25H2,1-3H3. The largest absolute Gasteiger partial charge is 0.358 e. The van der Waals surface area contributed by atoms with Crippen LogP contribution in [0.15, 0.2) is 116 Å². The van der Waals surface area contributed by atoms with E-state index in [-0.39, 0.29) is 0 Å². The van der Waals surface area contributed by atoms with Crippen LogP contribution < -0.4 is 4.90 Å². The molecule has 1 aliphatic heterocycles. The fraction of sp³-hybridized carbons (Fsp3) is 0.171. The number of benzene rings is 4. The van der Waals surface area contributed by atoms with Gasteiger partial charge in [-0.05, 0) is 49.6 Å². The first-order valence-corrected chi connectivity index (χ1v) is 15.0. The lowest BCUT2D eigenvalue weighted by Gasteiger charge is -2.21. The molecule has 0 saturated carbocycles. The van der Waals surface area contributed by atoms with Crippen molar-refractivity contribution < 1.29 is 0 Å². The van der Waals surface area contributed by atoms with Crippen LogP contribution in [-0.4, -0.2) is 23.1 Å². The zero-order valence-electron chi connectivity index (χ0n) is 22.9. The Morgan fingerprint density at radius 2 is 1.36 bits per heavy atom. The molecule has 39 heavy (non-hydrogen) atoms. The summed E-state index contributed by atoms with van der Waals surface area (Å²) >= 11 is 0.